The molecule has 1 heterocycles. The summed E-state index contributed by atoms with van der Waals surface area (Å²) >= 11 is 0. The van der Waals surface area contributed by atoms with Crippen molar-refractivity contribution >= 4 is 5.97 Å². The number of benzene rings is 1. The van der Waals surface area contributed by atoms with E-state index < -0.39 is 0 Å². The van der Waals surface area contributed by atoms with Crippen LogP contribution in [0.1, 0.15) is 21.7 Å². The van der Waals surface area contributed by atoms with Crippen molar-refractivity contribution in [3.05, 3.63) is 53.3 Å². The summed E-state index contributed by atoms with van der Waals surface area (Å²) in [5, 5.41) is 0. The fourth-order valence-corrected chi connectivity index (χ4v) is 1.83. The zero-order valence-corrected chi connectivity index (χ0v) is 10.4. The minimum absolute atomic E-state index is 0.360. The zero-order valence-electron chi connectivity index (χ0n) is 10.4. The van der Waals surface area contributed by atoms with E-state index in [4.69, 9.17) is 4.74 Å². The largest absolute Gasteiger partial charge is 0.496 e. The highest BCUT2D eigenvalue weighted by Crippen LogP contribution is 2.20. The van der Waals surface area contributed by atoms with E-state index in [9.17, 15) is 4.79 Å². The molecule has 0 saturated heterocycles. The second-order valence-corrected chi connectivity index (χ2v) is 3.88. The van der Waals surface area contributed by atoms with E-state index in [-0.39, 0.29) is 5.97 Å². The summed E-state index contributed by atoms with van der Waals surface area (Å²) in [6, 6.07) is 11.4. The summed E-state index contributed by atoms with van der Waals surface area (Å²) in [6.45, 7) is 0. The maximum Gasteiger partial charge on any atom is 0.354 e. The van der Waals surface area contributed by atoms with Crippen LogP contribution in [0.4, 0.5) is 0 Å². The topological polar surface area (TPSA) is 51.3 Å². The van der Waals surface area contributed by atoms with Crippen LogP contribution in [-0.2, 0) is 11.2 Å². The molecule has 0 atom stereocenters. The SMILES string of the molecule is COC(=O)c1ccc(Cc2ccccc2OC)[nH]1. The van der Waals surface area contributed by atoms with E-state index in [2.05, 4.69) is 9.72 Å². The number of carbonyl (C=O) groups excluding carboxylic acids is 1. The number of methoxy groups -OCH3 is 2. The lowest BCUT2D eigenvalue weighted by molar-refractivity contribution is 0.0594. The summed E-state index contributed by atoms with van der Waals surface area (Å²) in [5.74, 6) is 0.480. The molecule has 0 fully saturated rings. The van der Waals surface area contributed by atoms with Gasteiger partial charge < -0.3 is 14.5 Å². The first-order valence-corrected chi connectivity index (χ1v) is 5.62. The number of ether oxygens (including phenoxy) is 2. The number of carbonyl (C=O) groups is 1. The Bertz CT molecular complexity index is 545. The average Bonchev–Trinajstić information content (AvgIpc) is 2.87. The molecule has 0 aliphatic heterocycles. The smallest absolute Gasteiger partial charge is 0.354 e. The normalized spacial score (nSPS) is 10.1. The summed E-state index contributed by atoms with van der Waals surface area (Å²) in [6.07, 6.45) is 0.682. The summed E-state index contributed by atoms with van der Waals surface area (Å²) in [7, 11) is 3.01. The minimum Gasteiger partial charge on any atom is -0.496 e. The maximum absolute atomic E-state index is 11.3. The molecule has 94 valence electrons. The van der Waals surface area contributed by atoms with E-state index in [0.717, 1.165) is 17.0 Å². The van der Waals surface area contributed by atoms with Crippen LogP contribution in [0.5, 0.6) is 5.75 Å². The lowest BCUT2D eigenvalue weighted by Crippen LogP contribution is -2.01. The molecule has 0 spiro atoms. The van der Waals surface area contributed by atoms with Gasteiger partial charge in [-0.15, -0.1) is 0 Å². The first-order chi connectivity index (χ1) is 8.74. The van der Waals surface area contributed by atoms with Gasteiger partial charge in [0.25, 0.3) is 0 Å². The molecule has 0 amide bonds. The first-order valence-electron chi connectivity index (χ1n) is 5.62. The molecular weight excluding hydrogens is 230 g/mol. The minimum atomic E-state index is -0.360. The lowest BCUT2D eigenvalue weighted by atomic mass is 10.1. The Labute approximate surface area is 106 Å². The molecule has 0 aliphatic carbocycles. The Morgan fingerprint density at radius 2 is 1.94 bits per heavy atom. The van der Waals surface area contributed by atoms with Crippen molar-refractivity contribution in [2.75, 3.05) is 14.2 Å². The highest BCUT2D eigenvalue weighted by Gasteiger charge is 2.09. The molecular formula is C14H15NO3. The van der Waals surface area contributed by atoms with Crippen molar-refractivity contribution in [1.29, 1.82) is 0 Å². The summed E-state index contributed by atoms with van der Waals surface area (Å²) in [4.78, 5) is 14.4. The fourth-order valence-electron chi connectivity index (χ4n) is 1.83. The van der Waals surface area contributed by atoms with Gasteiger partial charge in [-0.2, -0.15) is 0 Å². The molecule has 0 radical (unpaired) electrons. The molecule has 2 rings (SSSR count). The number of H-pyrrole nitrogens is 1. The van der Waals surface area contributed by atoms with E-state index in [1.807, 2.05) is 30.3 Å². The first kappa shape index (κ1) is 12.2. The molecule has 1 aromatic heterocycles. The highest BCUT2D eigenvalue weighted by atomic mass is 16.5. The third-order valence-corrected chi connectivity index (χ3v) is 2.73. The number of hydrogen-bond donors (Lipinski definition) is 1. The number of rotatable bonds is 4. The van der Waals surface area contributed by atoms with Gasteiger partial charge in [0.1, 0.15) is 11.4 Å². The summed E-state index contributed by atoms with van der Waals surface area (Å²) < 4.78 is 9.94. The molecule has 4 nitrogen and oxygen atoms in total. The van der Waals surface area contributed by atoms with Crippen molar-refractivity contribution in [2.24, 2.45) is 0 Å². The van der Waals surface area contributed by atoms with Crippen LogP contribution < -0.4 is 4.74 Å². The molecule has 0 bridgehead atoms. The average molecular weight is 245 g/mol. The predicted octanol–water partition coefficient (Wildman–Crippen LogP) is 2.40. The van der Waals surface area contributed by atoms with Gasteiger partial charge in [0.05, 0.1) is 14.2 Å². The van der Waals surface area contributed by atoms with Crippen LogP contribution in [0.25, 0.3) is 0 Å². The van der Waals surface area contributed by atoms with Gasteiger partial charge >= 0.3 is 5.97 Å². The number of hydrogen-bond acceptors (Lipinski definition) is 3. The Kier molecular flexibility index (Phi) is 3.67. The van der Waals surface area contributed by atoms with Crippen molar-refractivity contribution < 1.29 is 14.3 Å². The molecule has 0 saturated carbocycles. The van der Waals surface area contributed by atoms with Gasteiger partial charge in [-0.3, -0.25) is 0 Å². The Balaban J connectivity index is 2.19. The van der Waals surface area contributed by atoms with Crippen LogP contribution >= 0.6 is 0 Å². The number of aromatic amines is 1. The monoisotopic (exact) mass is 245 g/mol. The van der Waals surface area contributed by atoms with Crippen LogP contribution in [0.15, 0.2) is 36.4 Å². The highest BCUT2D eigenvalue weighted by molar-refractivity contribution is 5.87. The van der Waals surface area contributed by atoms with Crippen molar-refractivity contribution in [3.63, 3.8) is 0 Å². The van der Waals surface area contributed by atoms with E-state index >= 15 is 0 Å². The van der Waals surface area contributed by atoms with Gasteiger partial charge in [0.2, 0.25) is 0 Å². The van der Waals surface area contributed by atoms with Crippen molar-refractivity contribution in [3.8, 4) is 5.75 Å². The van der Waals surface area contributed by atoms with Gasteiger partial charge in [-0.25, -0.2) is 4.79 Å². The van der Waals surface area contributed by atoms with Crippen molar-refractivity contribution in [1.82, 2.24) is 4.98 Å². The quantitative estimate of drug-likeness (QED) is 0.841. The molecule has 1 N–H and O–H groups in total. The maximum atomic E-state index is 11.3. The second-order valence-electron chi connectivity index (χ2n) is 3.88. The molecule has 0 aliphatic rings. The fraction of sp³-hybridized carbons (Fsp3) is 0.214. The Hall–Kier alpha value is -2.23. The van der Waals surface area contributed by atoms with Crippen molar-refractivity contribution in [2.45, 2.75) is 6.42 Å². The predicted molar refractivity (Wildman–Crippen MR) is 67.9 cm³/mol. The van der Waals surface area contributed by atoms with Gasteiger partial charge in [-0.1, -0.05) is 18.2 Å². The van der Waals surface area contributed by atoms with Crippen LogP contribution in [0.3, 0.4) is 0 Å². The number of esters is 1. The van der Waals surface area contributed by atoms with E-state index in [1.165, 1.54) is 7.11 Å². The van der Waals surface area contributed by atoms with Gasteiger partial charge in [-0.05, 0) is 23.8 Å². The number of para-hydroxylation sites is 1. The molecule has 0 unspecified atom stereocenters. The van der Waals surface area contributed by atoms with E-state index in [1.54, 1.807) is 13.2 Å². The molecule has 18 heavy (non-hydrogen) atoms. The van der Waals surface area contributed by atoms with Gasteiger partial charge in [0, 0.05) is 12.1 Å². The zero-order chi connectivity index (χ0) is 13.0. The lowest BCUT2D eigenvalue weighted by Gasteiger charge is -2.06. The standard InChI is InChI=1S/C14H15NO3/c1-17-13-6-4-3-5-10(13)9-11-7-8-12(15-11)14(16)18-2/h3-8,15H,9H2,1-2H3. The van der Waals surface area contributed by atoms with Crippen LogP contribution in [-0.4, -0.2) is 25.2 Å². The molecule has 1 aromatic carbocycles. The second kappa shape index (κ2) is 5.40. The number of nitrogens with one attached hydrogen (secondary N) is 1. The van der Waals surface area contributed by atoms with Crippen LogP contribution in [0, 0.1) is 0 Å². The van der Waals surface area contributed by atoms with Gasteiger partial charge in [0.15, 0.2) is 0 Å². The Morgan fingerprint density at radius 1 is 1.17 bits per heavy atom. The Morgan fingerprint density at radius 3 is 2.67 bits per heavy atom. The third kappa shape index (κ3) is 2.53. The third-order valence-electron chi connectivity index (χ3n) is 2.73. The number of aromatic nitrogens is 1. The van der Waals surface area contributed by atoms with E-state index in [0.29, 0.717) is 12.1 Å². The summed E-state index contributed by atoms with van der Waals surface area (Å²) in [5.41, 5.74) is 2.47. The van der Waals surface area contributed by atoms with Crippen LogP contribution in [0.2, 0.25) is 0 Å². The molecule has 4 heteroatoms. The molecule has 2 aromatic rings.